The number of hydrogen-bond acceptors (Lipinski definition) is 1. The fraction of sp³-hybridized carbons (Fsp3) is 0.250. The molecule has 2 aromatic carbocycles. The van der Waals surface area contributed by atoms with Gasteiger partial charge in [0, 0.05) is 0 Å². The second-order valence-corrected chi connectivity index (χ2v) is 5.09. The van der Waals surface area contributed by atoms with Crippen LogP contribution in [0.5, 0.6) is 0 Å². The van der Waals surface area contributed by atoms with E-state index in [0.717, 1.165) is 24.0 Å². The van der Waals surface area contributed by atoms with Gasteiger partial charge >= 0.3 is 0 Å². The summed E-state index contributed by atoms with van der Waals surface area (Å²) in [6.45, 7) is 1.77. The van der Waals surface area contributed by atoms with Crippen molar-refractivity contribution in [2.24, 2.45) is 5.73 Å². The van der Waals surface area contributed by atoms with Crippen molar-refractivity contribution < 1.29 is 4.39 Å². The Morgan fingerprint density at radius 3 is 2.72 bits per heavy atom. The molecule has 0 aromatic heterocycles. The van der Waals surface area contributed by atoms with Crippen molar-refractivity contribution in [2.45, 2.75) is 25.3 Å². The Hall–Kier alpha value is -1.67. The summed E-state index contributed by atoms with van der Waals surface area (Å²) in [7, 11) is 0. The third-order valence-electron chi connectivity index (χ3n) is 3.97. The van der Waals surface area contributed by atoms with Crippen molar-refractivity contribution in [1.82, 2.24) is 0 Å². The summed E-state index contributed by atoms with van der Waals surface area (Å²) >= 11 is 0. The van der Waals surface area contributed by atoms with E-state index in [2.05, 4.69) is 12.1 Å². The SMILES string of the molecule is Cc1ccc(C2(N)CCc3ccccc32)cc1F. The number of hydrogen-bond donors (Lipinski definition) is 1. The first-order chi connectivity index (χ1) is 8.61. The summed E-state index contributed by atoms with van der Waals surface area (Å²) in [6.07, 6.45) is 1.80. The van der Waals surface area contributed by atoms with Crippen LogP contribution in [-0.4, -0.2) is 0 Å². The largest absolute Gasteiger partial charge is 0.318 e. The van der Waals surface area contributed by atoms with Gasteiger partial charge in [0.15, 0.2) is 0 Å². The van der Waals surface area contributed by atoms with Gasteiger partial charge in [-0.3, -0.25) is 0 Å². The first kappa shape index (κ1) is 11.4. The zero-order valence-electron chi connectivity index (χ0n) is 10.4. The number of nitrogens with two attached hydrogens (primary N) is 1. The van der Waals surface area contributed by atoms with Crippen LogP contribution >= 0.6 is 0 Å². The Bertz CT molecular complexity index is 606. The minimum Gasteiger partial charge on any atom is -0.318 e. The van der Waals surface area contributed by atoms with Crippen molar-refractivity contribution in [1.29, 1.82) is 0 Å². The molecule has 0 bridgehead atoms. The fourth-order valence-electron chi connectivity index (χ4n) is 2.81. The molecule has 92 valence electrons. The van der Waals surface area contributed by atoms with E-state index in [1.54, 1.807) is 19.1 Å². The van der Waals surface area contributed by atoms with E-state index in [9.17, 15) is 4.39 Å². The maximum atomic E-state index is 13.7. The molecule has 0 aliphatic heterocycles. The minimum absolute atomic E-state index is 0.179. The van der Waals surface area contributed by atoms with Gasteiger partial charge in [-0.15, -0.1) is 0 Å². The molecule has 3 rings (SSSR count). The van der Waals surface area contributed by atoms with Gasteiger partial charge in [-0.05, 0) is 48.1 Å². The molecule has 1 unspecified atom stereocenters. The number of aryl methyl sites for hydroxylation is 2. The third kappa shape index (κ3) is 1.57. The number of benzene rings is 2. The highest BCUT2D eigenvalue weighted by Gasteiger charge is 2.36. The van der Waals surface area contributed by atoms with Crippen molar-refractivity contribution in [3.05, 3.63) is 70.5 Å². The highest BCUT2D eigenvalue weighted by atomic mass is 19.1. The van der Waals surface area contributed by atoms with Crippen LogP contribution in [-0.2, 0) is 12.0 Å². The predicted molar refractivity (Wildman–Crippen MR) is 70.9 cm³/mol. The lowest BCUT2D eigenvalue weighted by Crippen LogP contribution is -2.35. The molecule has 1 atom stereocenters. The summed E-state index contributed by atoms with van der Waals surface area (Å²) in [5, 5.41) is 0. The molecule has 0 radical (unpaired) electrons. The van der Waals surface area contributed by atoms with Crippen LogP contribution in [0.25, 0.3) is 0 Å². The van der Waals surface area contributed by atoms with E-state index in [0.29, 0.717) is 5.56 Å². The highest BCUT2D eigenvalue weighted by Crippen LogP contribution is 2.40. The average Bonchev–Trinajstić information content (AvgIpc) is 2.73. The molecule has 2 aromatic rings. The van der Waals surface area contributed by atoms with Crippen molar-refractivity contribution in [3.8, 4) is 0 Å². The lowest BCUT2D eigenvalue weighted by atomic mass is 9.85. The van der Waals surface area contributed by atoms with Crippen molar-refractivity contribution >= 4 is 0 Å². The molecular weight excluding hydrogens is 225 g/mol. The molecule has 0 heterocycles. The zero-order chi connectivity index (χ0) is 12.8. The minimum atomic E-state index is -0.537. The Balaban J connectivity index is 2.14. The van der Waals surface area contributed by atoms with Crippen LogP contribution in [0, 0.1) is 12.7 Å². The molecule has 1 aliphatic rings. The van der Waals surface area contributed by atoms with Crippen molar-refractivity contribution in [3.63, 3.8) is 0 Å². The first-order valence-electron chi connectivity index (χ1n) is 6.25. The fourth-order valence-corrected chi connectivity index (χ4v) is 2.81. The molecule has 2 N–H and O–H groups in total. The molecule has 0 fully saturated rings. The van der Waals surface area contributed by atoms with Gasteiger partial charge in [0.1, 0.15) is 5.82 Å². The number of rotatable bonds is 1. The Morgan fingerprint density at radius 1 is 1.17 bits per heavy atom. The highest BCUT2D eigenvalue weighted by molar-refractivity contribution is 5.47. The van der Waals surface area contributed by atoms with Crippen LogP contribution in [0.4, 0.5) is 4.39 Å². The summed E-state index contributed by atoms with van der Waals surface area (Å²) in [5.74, 6) is -0.179. The summed E-state index contributed by atoms with van der Waals surface area (Å²) < 4.78 is 13.7. The summed E-state index contributed by atoms with van der Waals surface area (Å²) in [5.41, 5.74) is 9.95. The van der Waals surface area contributed by atoms with Gasteiger partial charge in [-0.2, -0.15) is 0 Å². The quantitative estimate of drug-likeness (QED) is 0.814. The van der Waals surface area contributed by atoms with Crippen LogP contribution in [0.3, 0.4) is 0 Å². The van der Waals surface area contributed by atoms with Crippen molar-refractivity contribution in [2.75, 3.05) is 0 Å². The van der Waals surface area contributed by atoms with Gasteiger partial charge in [0.05, 0.1) is 5.54 Å². The van der Waals surface area contributed by atoms with Gasteiger partial charge in [0.25, 0.3) is 0 Å². The van der Waals surface area contributed by atoms with E-state index in [1.165, 1.54) is 5.56 Å². The normalized spacial score (nSPS) is 21.9. The Kier molecular flexibility index (Phi) is 2.49. The number of halogens is 1. The molecule has 2 heteroatoms. The summed E-state index contributed by atoms with van der Waals surface area (Å²) in [6, 6.07) is 13.5. The molecule has 18 heavy (non-hydrogen) atoms. The van der Waals surface area contributed by atoms with Gasteiger partial charge in [-0.25, -0.2) is 4.39 Å². The average molecular weight is 241 g/mol. The monoisotopic (exact) mass is 241 g/mol. The maximum Gasteiger partial charge on any atom is 0.126 e. The molecule has 0 saturated heterocycles. The molecule has 1 aliphatic carbocycles. The molecular formula is C16H16FN. The van der Waals surface area contributed by atoms with Crippen LogP contribution in [0.1, 0.15) is 28.7 Å². The second kappa shape index (κ2) is 3.92. The molecule has 0 saturated carbocycles. The molecule has 0 spiro atoms. The summed E-state index contributed by atoms with van der Waals surface area (Å²) in [4.78, 5) is 0. The first-order valence-corrected chi connectivity index (χ1v) is 6.25. The molecule has 1 nitrogen and oxygen atoms in total. The van der Waals surface area contributed by atoms with E-state index in [4.69, 9.17) is 5.73 Å². The van der Waals surface area contributed by atoms with E-state index >= 15 is 0 Å². The topological polar surface area (TPSA) is 26.0 Å². The smallest absolute Gasteiger partial charge is 0.126 e. The van der Waals surface area contributed by atoms with E-state index in [-0.39, 0.29) is 5.82 Å². The van der Waals surface area contributed by atoms with Crippen LogP contribution < -0.4 is 5.73 Å². The van der Waals surface area contributed by atoms with Gasteiger partial charge < -0.3 is 5.73 Å². The predicted octanol–water partition coefficient (Wildman–Crippen LogP) is 3.28. The maximum absolute atomic E-state index is 13.7. The van der Waals surface area contributed by atoms with Gasteiger partial charge in [0.2, 0.25) is 0 Å². The van der Waals surface area contributed by atoms with Crippen LogP contribution in [0.15, 0.2) is 42.5 Å². The Labute approximate surface area is 106 Å². The standard InChI is InChI=1S/C16H16FN/c1-11-6-7-13(10-15(11)17)16(18)9-8-12-4-2-3-5-14(12)16/h2-7,10H,8-9,18H2,1H3. The Morgan fingerprint density at radius 2 is 1.94 bits per heavy atom. The van der Waals surface area contributed by atoms with E-state index in [1.807, 2.05) is 18.2 Å². The molecule has 0 amide bonds. The zero-order valence-corrected chi connectivity index (χ0v) is 10.4. The lowest BCUT2D eigenvalue weighted by Gasteiger charge is -2.26. The van der Waals surface area contributed by atoms with Gasteiger partial charge in [-0.1, -0.05) is 36.4 Å². The number of fused-ring (bicyclic) bond motifs is 1. The second-order valence-electron chi connectivity index (χ2n) is 5.09. The van der Waals surface area contributed by atoms with Crippen LogP contribution in [0.2, 0.25) is 0 Å². The van der Waals surface area contributed by atoms with E-state index < -0.39 is 5.54 Å². The third-order valence-corrected chi connectivity index (χ3v) is 3.97. The lowest BCUT2D eigenvalue weighted by molar-refractivity contribution is 0.526.